The van der Waals surface area contributed by atoms with Gasteiger partial charge in [-0.2, -0.15) is 12.6 Å². The summed E-state index contributed by atoms with van der Waals surface area (Å²) in [6.07, 6.45) is -1.77. The van der Waals surface area contributed by atoms with Crippen LogP contribution in [0, 0.1) is 0 Å². The lowest BCUT2D eigenvalue weighted by Crippen LogP contribution is -2.57. The van der Waals surface area contributed by atoms with Crippen molar-refractivity contribution in [1.29, 1.82) is 0 Å². The molecular formula is C12H21N3O7S. The fourth-order valence-corrected chi connectivity index (χ4v) is 1.78. The summed E-state index contributed by atoms with van der Waals surface area (Å²) in [6.45, 7) is 1.19. The standard InChI is InChI=1S/C12H21N3O7S/c1-5(16)9(12(21)22)15-11(20)7(4-23)14-10(19)6(13)2-3-8(17)18/h5-7,9,16,23H,2-4,13H2,1H3,(H,14,19)(H,15,20)(H,17,18)(H,21,22)/t5-,6+,7+,9+/m1/s1. The number of nitrogens with one attached hydrogen (secondary N) is 2. The molecule has 0 bridgehead atoms. The van der Waals surface area contributed by atoms with Crippen molar-refractivity contribution in [2.24, 2.45) is 5.73 Å². The summed E-state index contributed by atoms with van der Waals surface area (Å²) in [4.78, 5) is 45.0. The Kier molecular flexibility index (Phi) is 9.22. The summed E-state index contributed by atoms with van der Waals surface area (Å²) in [5.74, 6) is -4.31. The number of aliphatic carboxylic acids is 2. The number of thiol groups is 1. The summed E-state index contributed by atoms with van der Waals surface area (Å²) in [7, 11) is 0. The van der Waals surface area contributed by atoms with Crippen LogP contribution in [-0.2, 0) is 19.2 Å². The molecule has 0 aliphatic carbocycles. The van der Waals surface area contributed by atoms with E-state index in [0.29, 0.717) is 0 Å². The van der Waals surface area contributed by atoms with Crippen LogP contribution in [0.15, 0.2) is 0 Å². The first-order chi connectivity index (χ1) is 10.6. The molecule has 0 aliphatic heterocycles. The van der Waals surface area contributed by atoms with Gasteiger partial charge in [0.15, 0.2) is 6.04 Å². The van der Waals surface area contributed by atoms with Crippen molar-refractivity contribution >= 4 is 36.4 Å². The maximum absolute atomic E-state index is 11.9. The average molecular weight is 351 g/mol. The van der Waals surface area contributed by atoms with E-state index in [1.165, 1.54) is 6.92 Å². The number of carbonyl (C=O) groups is 4. The highest BCUT2D eigenvalue weighted by atomic mass is 32.1. The molecular weight excluding hydrogens is 330 g/mol. The van der Waals surface area contributed by atoms with Gasteiger partial charge >= 0.3 is 11.9 Å². The van der Waals surface area contributed by atoms with Crippen LogP contribution in [0.5, 0.6) is 0 Å². The van der Waals surface area contributed by atoms with Gasteiger partial charge in [-0.3, -0.25) is 14.4 Å². The SMILES string of the molecule is C[C@@H](O)[C@H](NC(=O)[C@H](CS)NC(=O)[C@@H](N)CCC(=O)O)C(=O)O. The summed E-state index contributed by atoms with van der Waals surface area (Å²) in [5.41, 5.74) is 5.50. The third-order valence-electron chi connectivity index (χ3n) is 2.87. The van der Waals surface area contributed by atoms with Gasteiger partial charge in [0.05, 0.1) is 12.1 Å². The van der Waals surface area contributed by atoms with Crippen molar-refractivity contribution in [1.82, 2.24) is 10.6 Å². The first-order valence-electron chi connectivity index (χ1n) is 6.70. The lowest BCUT2D eigenvalue weighted by molar-refractivity contribution is -0.145. The minimum atomic E-state index is -1.54. The van der Waals surface area contributed by atoms with Crippen molar-refractivity contribution in [3.05, 3.63) is 0 Å². The van der Waals surface area contributed by atoms with E-state index in [1.54, 1.807) is 0 Å². The van der Waals surface area contributed by atoms with Gasteiger partial charge in [-0.1, -0.05) is 0 Å². The molecule has 0 unspecified atom stereocenters. The van der Waals surface area contributed by atoms with Crippen LogP contribution in [0.4, 0.5) is 0 Å². The normalized spacial score (nSPS) is 15.8. The lowest BCUT2D eigenvalue weighted by Gasteiger charge is -2.22. The van der Waals surface area contributed by atoms with Crippen molar-refractivity contribution in [2.45, 2.75) is 44.0 Å². The van der Waals surface area contributed by atoms with Crippen molar-refractivity contribution in [3.8, 4) is 0 Å². The lowest BCUT2D eigenvalue weighted by atomic mass is 10.1. The third-order valence-corrected chi connectivity index (χ3v) is 3.23. The molecule has 0 aromatic rings. The molecule has 0 heterocycles. The zero-order valence-electron chi connectivity index (χ0n) is 12.4. The highest BCUT2D eigenvalue weighted by molar-refractivity contribution is 7.80. The molecule has 0 rings (SSSR count). The van der Waals surface area contributed by atoms with Crippen molar-refractivity contribution in [3.63, 3.8) is 0 Å². The van der Waals surface area contributed by atoms with Crippen LogP contribution in [0.25, 0.3) is 0 Å². The second-order valence-electron chi connectivity index (χ2n) is 4.85. The molecule has 0 fully saturated rings. The number of hydrogen-bond acceptors (Lipinski definition) is 7. The van der Waals surface area contributed by atoms with E-state index < -0.39 is 48.0 Å². The average Bonchev–Trinajstić information content (AvgIpc) is 2.46. The van der Waals surface area contributed by atoms with Crippen LogP contribution < -0.4 is 16.4 Å². The first-order valence-corrected chi connectivity index (χ1v) is 7.33. The van der Waals surface area contributed by atoms with Gasteiger partial charge in [0.1, 0.15) is 6.04 Å². The quantitative estimate of drug-likeness (QED) is 0.212. The smallest absolute Gasteiger partial charge is 0.328 e. The molecule has 10 nitrogen and oxygen atoms in total. The van der Waals surface area contributed by atoms with Crippen molar-refractivity contribution in [2.75, 3.05) is 5.75 Å². The zero-order chi connectivity index (χ0) is 18.2. The maximum atomic E-state index is 11.9. The van der Waals surface area contributed by atoms with Gasteiger partial charge in [0.2, 0.25) is 11.8 Å². The molecule has 132 valence electrons. The minimum Gasteiger partial charge on any atom is -0.481 e. The molecule has 0 aromatic carbocycles. The van der Waals surface area contributed by atoms with Gasteiger partial charge in [0.25, 0.3) is 0 Å². The molecule has 0 saturated carbocycles. The van der Waals surface area contributed by atoms with E-state index in [4.69, 9.17) is 15.9 Å². The maximum Gasteiger partial charge on any atom is 0.328 e. The summed E-state index contributed by atoms with van der Waals surface area (Å²) < 4.78 is 0. The predicted molar refractivity (Wildman–Crippen MR) is 81.9 cm³/mol. The Morgan fingerprint density at radius 1 is 1.13 bits per heavy atom. The van der Waals surface area contributed by atoms with E-state index in [2.05, 4.69) is 23.3 Å². The van der Waals surface area contributed by atoms with Crippen LogP contribution in [0.1, 0.15) is 19.8 Å². The highest BCUT2D eigenvalue weighted by Crippen LogP contribution is 1.99. The van der Waals surface area contributed by atoms with Gasteiger partial charge < -0.3 is 31.7 Å². The second-order valence-corrected chi connectivity index (χ2v) is 5.21. The Labute approximate surface area is 137 Å². The Morgan fingerprint density at radius 3 is 2.09 bits per heavy atom. The van der Waals surface area contributed by atoms with Crippen LogP contribution in [0.3, 0.4) is 0 Å². The number of carboxylic acid groups (broad SMARTS) is 2. The number of carboxylic acids is 2. The summed E-state index contributed by atoms with van der Waals surface area (Å²) in [5, 5.41) is 31.0. The number of hydrogen-bond donors (Lipinski definition) is 7. The Bertz CT molecular complexity index is 458. The molecule has 7 N–H and O–H groups in total. The number of aliphatic hydroxyl groups excluding tert-OH is 1. The predicted octanol–water partition coefficient (Wildman–Crippen LogP) is -2.46. The van der Waals surface area contributed by atoms with E-state index in [0.717, 1.165) is 0 Å². The third kappa shape index (κ3) is 7.81. The van der Waals surface area contributed by atoms with Crippen LogP contribution in [0.2, 0.25) is 0 Å². The Hall–Kier alpha value is -1.85. The zero-order valence-corrected chi connectivity index (χ0v) is 13.3. The highest BCUT2D eigenvalue weighted by Gasteiger charge is 2.29. The number of carbonyl (C=O) groups excluding carboxylic acids is 2. The minimum absolute atomic E-state index is 0.118. The fourth-order valence-electron chi connectivity index (χ4n) is 1.53. The van der Waals surface area contributed by atoms with Crippen LogP contribution >= 0.6 is 12.6 Å². The molecule has 0 spiro atoms. The molecule has 0 aromatic heterocycles. The van der Waals surface area contributed by atoms with E-state index in [9.17, 15) is 24.3 Å². The van der Waals surface area contributed by atoms with Gasteiger partial charge in [-0.25, -0.2) is 4.79 Å². The monoisotopic (exact) mass is 351 g/mol. The second kappa shape index (κ2) is 10.0. The van der Waals surface area contributed by atoms with E-state index >= 15 is 0 Å². The Balaban J connectivity index is 4.69. The largest absolute Gasteiger partial charge is 0.481 e. The molecule has 2 amide bonds. The topological polar surface area (TPSA) is 179 Å². The number of nitrogens with two attached hydrogens (primary N) is 1. The summed E-state index contributed by atoms with van der Waals surface area (Å²) in [6, 6.07) is -3.85. The van der Waals surface area contributed by atoms with Gasteiger partial charge in [0, 0.05) is 12.2 Å². The number of aliphatic hydroxyl groups is 1. The fraction of sp³-hybridized carbons (Fsp3) is 0.667. The Morgan fingerprint density at radius 2 is 1.70 bits per heavy atom. The van der Waals surface area contributed by atoms with Crippen molar-refractivity contribution < 1.29 is 34.5 Å². The van der Waals surface area contributed by atoms with E-state index in [1.807, 2.05) is 0 Å². The molecule has 0 saturated heterocycles. The number of amides is 2. The molecule has 0 aliphatic rings. The molecule has 4 atom stereocenters. The summed E-state index contributed by atoms with van der Waals surface area (Å²) >= 11 is 3.89. The van der Waals surface area contributed by atoms with Gasteiger partial charge in [-0.15, -0.1) is 0 Å². The number of rotatable bonds is 10. The van der Waals surface area contributed by atoms with E-state index in [-0.39, 0.29) is 18.6 Å². The molecule has 0 radical (unpaired) electrons. The van der Waals surface area contributed by atoms with Crippen LogP contribution in [-0.4, -0.2) is 69.1 Å². The van der Waals surface area contributed by atoms with Gasteiger partial charge in [-0.05, 0) is 13.3 Å². The first kappa shape index (κ1) is 21.1. The molecule has 23 heavy (non-hydrogen) atoms. The molecule has 11 heteroatoms.